The summed E-state index contributed by atoms with van der Waals surface area (Å²) < 4.78 is 9.13. The summed E-state index contributed by atoms with van der Waals surface area (Å²) in [6, 6.07) is 0. The molecule has 0 aliphatic carbocycles. The number of hydrogen-bond acceptors (Lipinski definition) is 7. The number of thiazole rings is 1. The van der Waals surface area contributed by atoms with Gasteiger partial charge in [0, 0.05) is 11.9 Å². The van der Waals surface area contributed by atoms with E-state index in [0.29, 0.717) is 6.54 Å². The Bertz CT molecular complexity index is 348. The predicted molar refractivity (Wildman–Crippen MR) is 61.4 cm³/mol. The highest BCUT2D eigenvalue weighted by Crippen LogP contribution is 2.05. The minimum absolute atomic E-state index is 0.0309. The van der Waals surface area contributed by atoms with Crippen LogP contribution in [-0.2, 0) is 25.6 Å². The average molecular weight is 258 g/mol. The molecule has 0 unspecified atom stereocenters. The summed E-state index contributed by atoms with van der Waals surface area (Å²) >= 11 is 1.46. The average Bonchev–Trinajstić information content (AvgIpc) is 2.81. The lowest BCUT2D eigenvalue weighted by Gasteiger charge is -2.18. The Balaban J connectivity index is 2.58. The largest absolute Gasteiger partial charge is 0.468 e. The lowest BCUT2D eigenvalue weighted by molar-refractivity contribution is -0.145. The predicted octanol–water partition coefficient (Wildman–Crippen LogP) is 0.291. The molecule has 17 heavy (non-hydrogen) atoms. The molecule has 0 saturated heterocycles. The van der Waals surface area contributed by atoms with Crippen molar-refractivity contribution in [2.75, 3.05) is 27.3 Å². The summed E-state index contributed by atoms with van der Waals surface area (Å²) in [6.07, 6.45) is 0. The minimum Gasteiger partial charge on any atom is -0.468 e. The van der Waals surface area contributed by atoms with Crippen LogP contribution in [0.3, 0.4) is 0 Å². The van der Waals surface area contributed by atoms with Crippen LogP contribution in [0.5, 0.6) is 0 Å². The minimum atomic E-state index is -0.399. The Kier molecular flexibility index (Phi) is 5.58. The fourth-order valence-corrected chi connectivity index (χ4v) is 1.76. The maximum Gasteiger partial charge on any atom is 0.319 e. The number of hydrogen-bond donors (Lipinski definition) is 0. The second-order valence-electron chi connectivity index (χ2n) is 3.28. The number of aromatic nitrogens is 1. The van der Waals surface area contributed by atoms with Gasteiger partial charge in [-0.3, -0.25) is 14.5 Å². The van der Waals surface area contributed by atoms with E-state index in [1.165, 1.54) is 25.6 Å². The molecule has 0 aliphatic rings. The number of rotatable bonds is 6. The molecule has 0 atom stereocenters. The first kappa shape index (κ1) is 13.6. The molecule has 7 heteroatoms. The second-order valence-corrected chi connectivity index (χ2v) is 4.00. The second kappa shape index (κ2) is 6.97. The number of carbonyl (C=O) groups excluding carboxylic acids is 2. The van der Waals surface area contributed by atoms with E-state index in [1.54, 1.807) is 10.4 Å². The van der Waals surface area contributed by atoms with Crippen LogP contribution in [-0.4, -0.2) is 49.1 Å². The molecule has 0 spiro atoms. The third-order valence-corrected chi connectivity index (χ3v) is 2.67. The van der Waals surface area contributed by atoms with Crippen molar-refractivity contribution >= 4 is 23.3 Å². The topological polar surface area (TPSA) is 68.7 Å². The lowest BCUT2D eigenvalue weighted by atomic mass is 10.4. The normalized spacial score (nSPS) is 10.3. The summed E-state index contributed by atoms with van der Waals surface area (Å²) in [4.78, 5) is 28.1. The molecule has 0 amide bonds. The third kappa shape index (κ3) is 4.92. The number of nitrogens with zero attached hydrogens (tertiary/aromatic N) is 2. The smallest absolute Gasteiger partial charge is 0.319 e. The van der Waals surface area contributed by atoms with E-state index in [9.17, 15) is 9.59 Å². The van der Waals surface area contributed by atoms with Crippen molar-refractivity contribution in [1.29, 1.82) is 0 Å². The quantitative estimate of drug-likeness (QED) is 0.683. The van der Waals surface area contributed by atoms with Crippen molar-refractivity contribution in [3.63, 3.8) is 0 Å². The van der Waals surface area contributed by atoms with Crippen molar-refractivity contribution in [3.05, 3.63) is 16.6 Å². The van der Waals surface area contributed by atoms with Crippen LogP contribution in [0.1, 0.15) is 5.69 Å². The standard InChI is InChI=1S/C10H14N2O4S/c1-15-9(13)4-12(5-10(14)16-2)3-8-6-17-7-11-8/h6-7H,3-5H2,1-2H3. The van der Waals surface area contributed by atoms with Gasteiger partial charge in [-0.2, -0.15) is 0 Å². The molecule has 0 fully saturated rings. The van der Waals surface area contributed by atoms with Gasteiger partial charge in [0.15, 0.2) is 0 Å². The van der Waals surface area contributed by atoms with Gasteiger partial charge in [0.1, 0.15) is 0 Å². The Labute approximate surface area is 103 Å². The van der Waals surface area contributed by atoms with Crippen molar-refractivity contribution < 1.29 is 19.1 Å². The van der Waals surface area contributed by atoms with E-state index in [-0.39, 0.29) is 13.1 Å². The van der Waals surface area contributed by atoms with Gasteiger partial charge in [-0.1, -0.05) is 0 Å². The molecular formula is C10H14N2O4S. The molecule has 6 nitrogen and oxygen atoms in total. The van der Waals surface area contributed by atoms with E-state index in [1.807, 2.05) is 5.38 Å². The highest BCUT2D eigenvalue weighted by molar-refractivity contribution is 7.07. The highest BCUT2D eigenvalue weighted by atomic mass is 32.1. The Morgan fingerprint density at radius 3 is 2.29 bits per heavy atom. The van der Waals surface area contributed by atoms with Crippen molar-refractivity contribution in [2.45, 2.75) is 6.54 Å². The van der Waals surface area contributed by atoms with Gasteiger partial charge in [-0.25, -0.2) is 4.98 Å². The molecule has 0 radical (unpaired) electrons. The van der Waals surface area contributed by atoms with Crippen LogP contribution in [0.25, 0.3) is 0 Å². The summed E-state index contributed by atoms with van der Waals surface area (Å²) in [6.45, 7) is 0.472. The monoisotopic (exact) mass is 258 g/mol. The first-order chi connectivity index (χ1) is 8.15. The van der Waals surface area contributed by atoms with E-state index in [4.69, 9.17) is 0 Å². The van der Waals surface area contributed by atoms with Gasteiger partial charge in [0.25, 0.3) is 0 Å². The van der Waals surface area contributed by atoms with Gasteiger partial charge in [0.2, 0.25) is 0 Å². The summed E-state index contributed by atoms with van der Waals surface area (Å²) in [7, 11) is 2.61. The molecule has 0 bridgehead atoms. The molecule has 1 heterocycles. The van der Waals surface area contributed by atoms with E-state index in [0.717, 1.165) is 5.69 Å². The van der Waals surface area contributed by atoms with Crippen LogP contribution < -0.4 is 0 Å². The van der Waals surface area contributed by atoms with Gasteiger partial charge < -0.3 is 9.47 Å². The Morgan fingerprint density at radius 2 is 1.88 bits per heavy atom. The number of methoxy groups -OCH3 is 2. The van der Waals surface area contributed by atoms with Crippen LogP contribution in [0.4, 0.5) is 0 Å². The van der Waals surface area contributed by atoms with Crippen molar-refractivity contribution in [2.24, 2.45) is 0 Å². The van der Waals surface area contributed by atoms with E-state index < -0.39 is 11.9 Å². The Hall–Kier alpha value is -1.47. The zero-order valence-electron chi connectivity index (χ0n) is 9.71. The first-order valence-electron chi connectivity index (χ1n) is 4.88. The maximum absolute atomic E-state index is 11.2. The van der Waals surface area contributed by atoms with Crippen LogP contribution in [0, 0.1) is 0 Å². The molecule has 0 aliphatic heterocycles. The number of carbonyl (C=O) groups is 2. The molecular weight excluding hydrogens is 244 g/mol. The summed E-state index contributed by atoms with van der Waals surface area (Å²) in [5.74, 6) is -0.798. The molecule has 0 saturated carbocycles. The van der Waals surface area contributed by atoms with E-state index >= 15 is 0 Å². The SMILES string of the molecule is COC(=O)CN(CC(=O)OC)Cc1cscn1. The fraction of sp³-hybridized carbons (Fsp3) is 0.500. The summed E-state index contributed by atoms with van der Waals surface area (Å²) in [5, 5.41) is 1.86. The fourth-order valence-electron chi connectivity index (χ4n) is 1.21. The molecule has 1 rings (SSSR count). The maximum atomic E-state index is 11.2. The van der Waals surface area contributed by atoms with Crippen LogP contribution >= 0.6 is 11.3 Å². The Morgan fingerprint density at radius 1 is 1.29 bits per heavy atom. The molecule has 0 aromatic carbocycles. The molecule has 94 valence electrons. The van der Waals surface area contributed by atoms with Gasteiger partial charge in [-0.05, 0) is 0 Å². The molecule has 1 aromatic rings. The number of ether oxygens (including phenoxy) is 2. The van der Waals surface area contributed by atoms with Crippen LogP contribution in [0.15, 0.2) is 10.9 Å². The molecule has 1 aromatic heterocycles. The van der Waals surface area contributed by atoms with Gasteiger partial charge in [0.05, 0.1) is 38.5 Å². The zero-order chi connectivity index (χ0) is 12.7. The van der Waals surface area contributed by atoms with Crippen molar-refractivity contribution in [3.8, 4) is 0 Å². The first-order valence-corrected chi connectivity index (χ1v) is 5.83. The summed E-state index contributed by atoms with van der Waals surface area (Å²) in [5.41, 5.74) is 2.51. The zero-order valence-corrected chi connectivity index (χ0v) is 10.5. The van der Waals surface area contributed by atoms with Crippen molar-refractivity contribution in [1.82, 2.24) is 9.88 Å². The van der Waals surface area contributed by atoms with E-state index in [2.05, 4.69) is 14.5 Å². The number of esters is 2. The van der Waals surface area contributed by atoms with Crippen LogP contribution in [0.2, 0.25) is 0 Å². The highest BCUT2D eigenvalue weighted by Gasteiger charge is 2.16. The lowest BCUT2D eigenvalue weighted by Crippen LogP contribution is -2.35. The molecule has 0 N–H and O–H groups in total. The van der Waals surface area contributed by atoms with Gasteiger partial charge in [-0.15, -0.1) is 11.3 Å². The van der Waals surface area contributed by atoms with Gasteiger partial charge >= 0.3 is 11.9 Å². The third-order valence-electron chi connectivity index (χ3n) is 2.03.